The van der Waals surface area contributed by atoms with Crippen LogP contribution in [0.25, 0.3) is 22.3 Å². The number of para-hydroxylation sites is 1. The van der Waals surface area contributed by atoms with Crippen LogP contribution in [0.2, 0.25) is 10.0 Å². The summed E-state index contributed by atoms with van der Waals surface area (Å²) in [5.74, 6) is 1.35. The molecular formula is C34H30Cl2N4O4. The van der Waals surface area contributed by atoms with Gasteiger partial charge in [0.15, 0.2) is 12.4 Å². The Morgan fingerprint density at radius 1 is 1.02 bits per heavy atom. The fourth-order valence-electron chi connectivity index (χ4n) is 4.68. The average Bonchev–Trinajstić information content (AvgIpc) is 3.01. The van der Waals surface area contributed by atoms with Crippen LogP contribution in [0, 0.1) is 6.92 Å². The van der Waals surface area contributed by atoms with Crippen LogP contribution in [0.15, 0.2) is 88.8 Å². The lowest BCUT2D eigenvalue weighted by molar-refractivity contribution is -0.118. The second kappa shape index (κ2) is 13.3. The van der Waals surface area contributed by atoms with Crippen molar-refractivity contribution in [2.24, 2.45) is 5.10 Å². The summed E-state index contributed by atoms with van der Waals surface area (Å²) in [6, 6.07) is 22.9. The first-order valence-corrected chi connectivity index (χ1v) is 14.6. The van der Waals surface area contributed by atoms with Crippen LogP contribution in [-0.4, -0.2) is 35.5 Å². The lowest BCUT2D eigenvalue weighted by Crippen LogP contribution is -2.21. The molecule has 1 N–H and O–H groups in total. The molecule has 8 nitrogen and oxygen atoms in total. The fraction of sp³-hybridized carbons (Fsp3) is 0.176. The third-order valence-corrected chi connectivity index (χ3v) is 7.51. The predicted octanol–water partition coefficient (Wildman–Crippen LogP) is 7.71. The summed E-state index contributed by atoms with van der Waals surface area (Å²) in [4.78, 5) is 30.9. The first kappa shape index (κ1) is 30.8. The number of benzene rings is 4. The highest BCUT2D eigenvalue weighted by Gasteiger charge is 2.18. The van der Waals surface area contributed by atoms with E-state index in [0.29, 0.717) is 38.8 Å². The van der Waals surface area contributed by atoms with Crippen LogP contribution in [0.4, 0.5) is 5.69 Å². The van der Waals surface area contributed by atoms with Crippen LogP contribution >= 0.6 is 23.2 Å². The smallest absolute Gasteiger partial charge is 0.282 e. The van der Waals surface area contributed by atoms with Gasteiger partial charge >= 0.3 is 0 Å². The zero-order valence-corrected chi connectivity index (χ0v) is 26.1. The van der Waals surface area contributed by atoms with E-state index in [1.165, 1.54) is 10.9 Å². The molecule has 0 fully saturated rings. The second-order valence-corrected chi connectivity index (χ2v) is 11.3. The number of aromatic nitrogens is 2. The van der Waals surface area contributed by atoms with E-state index in [0.717, 1.165) is 22.4 Å². The SMILES string of the molecule is COc1cc(C)c(-c2nc3ccccc3c(=O)n2N=Cc2ccc(OCC(=O)Nc3ccc(Cl)cc3)c(Cl)c2)cc1C(C)C. The van der Waals surface area contributed by atoms with Crippen LogP contribution in [0.3, 0.4) is 0 Å². The predicted molar refractivity (Wildman–Crippen MR) is 177 cm³/mol. The number of fused-ring (bicyclic) bond motifs is 1. The maximum absolute atomic E-state index is 13.7. The Labute approximate surface area is 264 Å². The van der Waals surface area contributed by atoms with Crippen molar-refractivity contribution >= 4 is 51.9 Å². The Kier molecular flexibility index (Phi) is 9.32. The summed E-state index contributed by atoms with van der Waals surface area (Å²) in [5, 5.41) is 8.61. The largest absolute Gasteiger partial charge is 0.496 e. The van der Waals surface area contributed by atoms with Gasteiger partial charge in [-0.05, 0) is 96.3 Å². The summed E-state index contributed by atoms with van der Waals surface area (Å²) < 4.78 is 12.6. The summed E-state index contributed by atoms with van der Waals surface area (Å²) in [6.45, 7) is 5.88. The van der Waals surface area contributed by atoms with Crippen LogP contribution in [-0.2, 0) is 4.79 Å². The van der Waals surface area contributed by atoms with E-state index in [2.05, 4.69) is 24.3 Å². The molecule has 0 radical (unpaired) electrons. The quantitative estimate of drug-likeness (QED) is 0.169. The van der Waals surface area contributed by atoms with Crippen molar-refractivity contribution in [3.8, 4) is 22.9 Å². The number of hydrogen-bond acceptors (Lipinski definition) is 6. The molecule has 1 amide bonds. The third-order valence-electron chi connectivity index (χ3n) is 6.96. The van der Waals surface area contributed by atoms with Gasteiger partial charge in [-0.25, -0.2) is 4.98 Å². The van der Waals surface area contributed by atoms with Gasteiger partial charge in [-0.2, -0.15) is 9.78 Å². The lowest BCUT2D eigenvalue weighted by atomic mass is 9.96. The minimum atomic E-state index is -0.348. The number of halogens is 2. The second-order valence-electron chi connectivity index (χ2n) is 10.4. The van der Waals surface area contributed by atoms with Crippen molar-refractivity contribution in [2.45, 2.75) is 26.7 Å². The van der Waals surface area contributed by atoms with E-state index in [4.69, 9.17) is 37.7 Å². The minimum Gasteiger partial charge on any atom is -0.496 e. The maximum Gasteiger partial charge on any atom is 0.282 e. The zero-order valence-electron chi connectivity index (χ0n) is 24.6. The molecule has 0 saturated carbocycles. The number of aryl methyl sites for hydroxylation is 1. The lowest BCUT2D eigenvalue weighted by Gasteiger charge is -2.17. The van der Waals surface area contributed by atoms with Crippen molar-refractivity contribution in [1.82, 2.24) is 9.66 Å². The number of rotatable bonds is 9. The molecule has 0 atom stereocenters. The molecule has 10 heteroatoms. The highest BCUT2D eigenvalue weighted by Crippen LogP contribution is 2.34. The van der Waals surface area contributed by atoms with E-state index >= 15 is 0 Å². The molecule has 4 aromatic carbocycles. The molecule has 0 bridgehead atoms. The van der Waals surface area contributed by atoms with E-state index < -0.39 is 0 Å². The molecule has 5 aromatic rings. The van der Waals surface area contributed by atoms with Gasteiger partial charge in [0.25, 0.3) is 11.5 Å². The van der Waals surface area contributed by atoms with Crippen LogP contribution < -0.4 is 20.3 Å². The first-order chi connectivity index (χ1) is 21.1. The van der Waals surface area contributed by atoms with Crippen LogP contribution in [0.1, 0.15) is 36.5 Å². The molecule has 0 unspecified atom stereocenters. The number of nitrogens with zero attached hydrogens (tertiary/aromatic N) is 3. The molecule has 0 saturated heterocycles. The van der Waals surface area contributed by atoms with Crippen LogP contribution in [0.5, 0.6) is 11.5 Å². The summed E-state index contributed by atoms with van der Waals surface area (Å²) >= 11 is 12.4. The molecule has 5 rings (SSSR count). The number of ether oxygens (including phenoxy) is 2. The normalized spacial score (nSPS) is 11.3. The topological polar surface area (TPSA) is 94.8 Å². The summed E-state index contributed by atoms with van der Waals surface area (Å²) in [5.41, 5.74) is 4.15. The van der Waals surface area contributed by atoms with Gasteiger partial charge in [0.1, 0.15) is 11.5 Å². The number of nitrogens with one attached hydrogen (secondary N) is 1. The average molecular weight is 630 g/mol. The molecule has 1 heterocycles. The van der Waals surface area contributed by atoms with Crippen molar-refractivity contribution < 1.29 is 14.3 Å². The Hall–Kier alpha value is -4.66. The van der Waals surface area contributed by atoms with Gasteiger partial charge in [0.2, 0.25) is 0 Å². The number of amides is 1. The van der Waals surface area contributed by atoms with Crippen molar-refractivity contribution in [2.75, 3.05) is 19.0 Å². The number of carbonyl (C=O) groups is 1. The molecule has 224 valence electrons. The van der Waals surface area contributed by atoms with E-state index in [1.807, 2.05) is 31.2 Å². The fourth-order valence-corrected chi connectivity index (χ4v) is 5.05. The van der Waals surface area contributed by atoms with Crippen molar-refractivity contribution in [3.63, 3.8) is 0 Å². The van der Waals surface area contributed by atoms with Gasteiger partial charge in [0, 0.05) is 16.3 Å². The van der Waals surface area contributed by atoms with E-state index in [-0.39, 0.29) is 29.0 Å². The maximum atomic E-state index is 13.7. The molecule has 0 spiro atoms. The highest BCUT2D eigenvalue weighted by atomic mass is 35.5. The molecule has 0 aliphatic carbocycles. The monoisotopic (exact) mass is 628 g/mol. The van der Waals surface area contributed by atoms with Gasteiger partial charge in [-0.3, -0.25) is 9.59 Å². The number of hydrogen-bond donors (Lipinski definition) is 1. The molecule has 1 aromatic heterocycles. The van der Waals surface area contributed by atoms with E-state index in [9.17, 15) is 9.59 Å². The number of methoxy groups -OCH3 is 1. The van der Waals surface area contributed by atoms with Crippen molar-refractivity contribution in [1.29, 1.82) is 0 Å². The molecule has 0 aliphatic rings. The van der Waals surface area contributed by atoms with Gasteiger partial charge in [-0.1, -0.05) is 49.2 Å². The third kappa shape index (κ3) is 6.77. The molecule has 44 heavy (non-hydrogen) atoms. The Morgan fingerprint density at radius 2 is 1.77 bits per heavy atom. The highest BCUT2D eigenvalue weighted by molar-refractivity contribution is 6.32. The number of anilines is 1. The number of carbonyl (C=O) groups excluding carboxylic acids is 1. The Bertz CT molecular complexity index is 1940. The molecule has 0 aliphatic heterocycles. The van der Waals surface area contributed by atoms with Gasteiger partial charge in [0.05, 0.1) is 29.2 Å². The zero-order chi connectivity index (χ0) is 31.4. The first-order valence-electron chi connectivity index (χ1n) is 13.9. The Morgan fingerprint density at radius 3 is 2.48 bits per heavy atom. The van der Waals surface area contributed by atoms with Gasteiger partial charge in [-0.15, -0.1) is 0 Å². The van der Waals surface area contributed by atoms with Crippen molar-refractivity contribution in [3.05, 3.63) is 116 Å². The standard InChI is InChI=1S/C34H30Cl2N4O4/c1-20(2)26-17-27(21(3)15-31(26)43-4)33-39-29-8-6-5-7-25(29)34(42)40(33)37-18-22-9-14-30(28(36)16-22)44-19-32(41)38-24-12-10-23(35)11-13-24/h5-18,20H,19H2,1-4H3,(H,38,41). The van der Waals surface area contributed by atoms with Gasteiger partial charge < -0.3 is 14.8 Å². The summed E-state index contributed by atoms with van der Waals surface area (Å²) in [6.07, 6.45) is 1.53. The molecular weight excluding hydrogens is 599 g/mol. The summed E-state index contributed by atoms with van der Waals surface area (Å²) in [7, 11) is 1.65. The van der Waals surface area contributed by atoms with E-state index in [1.54, 1.807) is 61.7 Å². The Balaban J connectivity index is 1.44. The minimum absolute atomic E-state index is 0.180.